The molecule has 3 heterocycles. The molecule has 26 heavy (non-hydrogen) atoms. The summed E-state index contributed by atoms with van der Waals surface area (Å²) in [6.07, 6.45) is 0. The van der Waals surface area contributed by atoms with Gasteiger partial charge in [0.15, 0.2) is 10.8 Å². The van der Waals surface area contributed by atoms with E-state index in [0.29, 0.717) is 45.5 Å². The maximum atomic E-state index is 6.55. The normalized spacial score (nSPS) is 25.5. The number of hydrogen-bond acceptors (Lipinski definition) is 4. The van der Waals surface area contributed by atoms with Crippen molar-refractivity contribution in [3.05, 3.63) is 0 Å². The summed E-state index contributed by atoms with van der Waals surface area (Å²) >= 11 is 19.4. The molecule has 3 saturated heterocycles. The van der Waals surface area contributed by atoms with Gasteiger partial charge in [-0.3, -0.25) is 0 Å². The maximum Gasteiger partial charge on any atom is 0.190 e. The monoisotopic (exact) mass is 444 g/mol. The molecule has 0 aromatic carbocycles. The average Bonchev–Trinajstić information content (AvgIpc) is 2.67. The molecule has 3 aliphatic heterocycles. The second-order valence-corrected chi connectivity index (χ2v) is 12.1. The van der Waals surface area contributed by atoms with Gasteiger partial charge in [-0.05, 0) is 18.7 Å². The van der Waals surface area contributed by atoms with Crippen molar-refractivity contribution in [1.29, 1.82) is 0 Å². The molecule has 0 bridgehead atoms. The smallest absolute Gasteiger partial charge is 0.190 e. The Hall–Kier alpha value is 0.500. The molecule has 7 nitrogen and oxygen atoms in total. The SMILES string of the molecule is CC(Cl)(Cl)C(=NP(=S)(N1CCOCC1)N1CCOCC1)N1CCOCC1. The van der Waals surface area contributed by atoms with Crippen molar-refractivity contribution >= 4 is 47.3 Å². The summed E-state index contributed by atoms with van der Waals surface area (Å²) in [5.41, 5.74) is 0. The van der Waals surface area contributed by atoms with Crippen molar-refractivity contribution in [2.24, 2.45) is 4.76 Å². The number of halogens is 2. The number of alkyl halides is 2. The molecule has 0 amide bonds. The highest BCUT2D eigenvalue weighted by Gasteiger charge is 2.39. The van der Waals surface area contributed by atoms with Gasteiger partial charge in [-0.1, -0.05) is 23.2 Å². The van der Waals surface area contributed by atoms with Gasteiger partial charge in [0.2, 0.25) is 0 Å². The summed E-state index contributed by atoms with van der Waals surface area (Å²) in [5.74, 6) is 0.658. The van der Waals surface area contributed by atoms with E-state index in [1.165, 1.54) is 0 Å². The Kier molecular flexibility index (Phi) is 7.61. The molecule has 150 valence electrons. The maximum absolute atomic E-state index is 6.55. The molecule has 0 aromatic rings. The predicted octanol–water partition coefficient (Wildman–Crippen LogP) is 1.80. The topological polar surface area (TPSA) is 49.8 Å². The second-order valence-electron chi connectivity index (χ2n) is 6.56. The fourth-order valence-electron chi connectivity index (χ4n) is 3.26. The van der Waals surface area contributed by atoms with Crippen LogP contribution in [0.3, 0.4) is 0 Å². The van der Waals surface area contributed by atoms with Crippen molar-refractivity contribution in [2.45, 2.75) is 11.3 Å². The Morgan fingerprint density at radius 1 is 0.846 bits per heavy atom. The lowest BCUT2D eigenvalue weighted by atomic mass is 10.3. The average molecular weight is 445 g/mol. The first-order valence-corrected chi connectivity index (χ1v) is 12.4. The number of nitrogens with zero attached hydrogens (tertiary/aromatic N) is 4. The molecular formula is C15H27Cl2N4O3PS. The highest BCUT2D eigenvalue weighted by molar-refractivity contribution is 8.11. The van der Waals surface area contributed by atoms with E-state index in [-0.39, 0.29) is 0 Å². The van der Waals surface area contributed by atoms with Crippen LogP contribution in [0.25, 0.3) is 0 Å². The van der Waals surface area contributed by atoms with Crippen LogP contribution in [0.4, 0.5) is 0 Å². The molecule has 0 radical (unpaired) electrons. The summed E-state index contributed by atoms with van der Waals surface area (Å²) in [4.78, 5) is 2.12. The van der Waals surface area contributed by atoms with Gasteiger partial charge < -0.3 is 19.1 Å². The highest BCUT2D eigenvalue weighted by atomic mass is 35.5. The summed E-state index contributed by atoms with van der Waals surface area (Å²) in [6, 6.07) is 0. The molecule has 0 unspecified atom stereocenters. The lowest BCUT2D eigenvalue weighted by molar-refractivity contribution is 0.0575. The van der Waals surface area contributed by atoms with Crippen molar-refractivity contribution < 1.29 is 14.2 Å². The van der Waals surface area contributed by atoms with Crippen LogP contribution >= 0.6 is 29.7 Å². The van der Waals surface area contributed by atoms with Crippen molar-refractivity contribution in [2.75, 3.05) is 78.9 Å². The molecule has 0 aliphatic carbocycles. The Labute approximate surface area is 170 Å². The van der Waals surface area contributed by atoms with Crippen LogP contribution in [0.15, 0.2) is 4.76 Å². The van der Waals surface area contributed by atoms with E-state index in [4.69, 9.17) is 54.0 Å². The zero-order chi connectivity index (χ0) is 18.6. The standard InChI is InChI=1S/C15H27Cl2N4O3PS/c1-15(16,17)14(19-2-8-22-9-3-19)18-25(26,20-4-10-23-11-5-20)21-6-12-24-13-7-21/h2-13H2,1H3. The van der Waals surface area contributed by atoms with Crippen molar-refractivity contribution in [1.82, 2.24) is 14.2 Å². The van der Waals surface area contributed by atoms with Crippen LogP contribution in [-0.4, -0.2) is 103 Å². The van der Waals surface area contributed by atoms with Gasteiger partial charge in [0, 0.05) is 39.3 Å². The van der Waals surface area contributed by atoms with E-state index < -0.39 is 10.8 Å². The molecule has 0 aromatic heterocycles. The number of amidine groups is 1. The van der Waals surface area contributed by atoms with Crippen LogP contribution in [-0.2, 0) is 26.0 Å². The van der Waals surface area contributed by atoms with Crippen molar-refractivity contribution in [3.8, 4) is 0 Å². The molecule has 0 N–H and O–H groups in total. The fourth-order valence-corrected chi connectivity index (χ4v) is 7.47. The highest BCUT2D eigenvalue weighted by Crippen LogP contribution is 2.56. The van der Waals surface area contributed by atoms with E-state index in [1.807, 2.05) is 0 Å². The van der Waals surface area contributed by atoms with Gasteiger partial charge in [0.1, 0.15) is 5.84 Å². The quantitative estimate of drug-likeness (QED) is 0.283. The molecule has 0 atom stereocenters. The van der Waals surface area contributed by atoms with Crippen LogP contribution in [0.1, 0.15) is 6.92 Å². The van der Waals surface area contributed by atoms with E-state index in [0.717, 1.165) is 39.3 Å². The van der Waals surface area contributed by atoms with E-state index >= 15 is 0 Å². The van der Waals surface area contributed by atoms with Gasteiger partial charge in [-0.15, -0.1) is 0 Å². The largest absolute Gasteiger partial charge is 0.379 e. The van der Waals surface area contributed by atoms with Gasteiger partial charge >= 0.3 is 0 Å². The number of hydrogen-bond donors (Lipinski definition) is 0. The Balaban J connectivity index is 1.96. The molecule has 3 fully saturated rings. The van der Waals surface area contributed by atoms with E-state index in [2.05, 4.69) is 14.2 Å². The Morgan fingerprint density at radius 3 is 1.62 bits per heavy atom. The van der Waals surface area contributed by atoms with Gasteiger partial charge in [0.05, 0.1) is 39.6 Å². The Morgan fingerprint density at radius 2 is 1.23 bits per heavy atom. The van der Waals surface area contributed by atoms with E-state index in [9.17, 15) is 0 Å². The molecule has 11 heteroatoms. The van der Waals surface area contributed by atoms with Crippen LogP contribution < -0.4 is 0 Å². The summed E-state index contributed by atoms with van der Waals surface area (Å²) in [5, 5.41) is 0. The third-order valence-electron chi connectivity index (χ3n) is 4.64. The predicted molar refractivity (Wildman–Crippen MR) is 109 cm³/mol. The fraction of sp³-hybridized carbons (Fsp3) is 0.933. The van der Waals surface area contributed by atoms with Crippen LogP contribution in [0, 0.1) is 0 Å². The van der Waals surface area contributed by atoms with Gasteiger partial charge in [-0.25, -0.2) is 14.1 Å². The van der Waals surface area contributed by atoms with E-state index in [1.54, 1.807) is 6.92 Å². The minimum atomic E-state index is -2.41. The first kappa shape index (κ1) is 21.2. The van der Waals surface area contributed by atoms with Crippen molar-refractivity contribution in [3.63, 3.8) is 0 Å². The molecule has 0 saturated carbocycles. The lowest BCUT2D eigenvalue weighted by Gasteiger charge is -2.44. The first-order valence-electron chi connectivity index (χ1n) is 8.99. The minimum Gasteiger partial charge on any atom is -0.379 e. The van der Waals surface area contributed by atoms with Crippen LogP contribution in [0.2, 0.25) is 0 Å². The molecule has 3 rings (SSSR count). The first-order chi connectivity index (χ1) is 12.4. The number of rotatable bonds is 4. The summed E-state index contributed by atoms with van der Waals surface area (Å²) < 4.78 is 25.1. The summed E-state index contributed by atoms with van der Waals surface area (Å²) in [7, 11) is 0. The zero-order valence-corrected chi connectivity index (χ0v) is 18.3. The third kappa shape index (κ3) is 5.10. The second kappa shape index (κ2) is 9.33. The zero-order valence-electron chi connectivity index (χ0n) is 15.1. The van der Waals surface area contributed by atoms with Gasteiger partial charge in [-0.2, -0.15) is 0 Å². The third-order valence-corrected chi connectivity index (χ3v) is 9.33. The van der Waals surface area contributed by atoms with Gasteiger partial charge in [0.25, 0.3) is 0 Å². The minimum absolute atomic E-state index is 0.640. The molecule has 3 aliphatic rings. The Bertz CT molecular complexity index is 523. The number of morpholine rings is 3. The molecular weight excluding hydrogens is 418 g/mol. The summed E-state index contributed by atoms with van der Waals surface area (Å²) in [6.45, 7) is 7.85. The van der Waals surface area contributed by atoms with Crippen LogP contribution in [0.5, 0.6) is 0 Å². The lowest BCUT2D eigenvalue weighted by Crippen LogP contribution is -2.48. The number of ether oxygens (including phenoxy) is 3. The molecule has 0 spiro atoms.